The molecule has 28 heavy (non-hydrogen) atoms. The topological polar surface area (TPSA) is 32.3 Å². The third-order valence-electron chi connectivity index (χ3n) is 5.47. The highest BCUT2D eigenvalue weighted by Crippen LogP contribution is 2.39. The Bertz CT molecular complexity index is 875. The van der Waals surface area contributed by atoms with Crippen LogP contribution in [0.5, 0.6) is 0 Å². The number of halogens is 1. The van der Waals surface area contributed by atoms with Gasteiger partial charge in [0.15, 0.2) is 0 Å². The van der Waals surface area contributed by atoms with Crippen molar-refractivity contribution in [2.24, 2.45) is 5.41 Å². The number of nitrogens with zero attached hydrogens (tertiary/aromatic N) is 1. The van der Waals surface area contributed by atoms with E-state index in [2.05, 4.69) is 64.0 Å². The number of carbonyl (C=O) groups excluding carboxylic acids is 1. The van der Waals surface area contributed by atoms with Gasteiger partial charge in [0.2, 0.25) is 5.91 Å². The normalized spacial score (nSPS) is 16.7. The molecule has 1 aliphatic rings. The van der Waals surface area contributed by atoms with Gasteiger partial charge in [0.1, 0.15) is 5.82 Å². The number of aryl methyl sites for hydroxylation is 3. The lowest BCUT2D eigenvalue weighted by atomic mass is 9.89. The summed E-state index contributed by atoms with van der Waals surface area (Å²) in [4.78, 5) is 14.6. The average Bonchev–Trinajstić information content (AvgIpc) is 2.56. The van der Waals surface area contributed by atoms with Crippen molar-refractivity contribution in [1.29, 1.82) is 0 Å². The number of amides is 1. The first-order chi connectivity index (χ1) is 13.0. The van der Waals surface area contributed by atoms with Gasteiger partial charge in [0, 0.05) is 24.8 Å². The van der Waals surface area contributed by atoms with Crippen LogP contribution in [-0.2, 0) is 11.2 Å². The zero-order valence-electron chi connectivity index (χ0n) is 17.8. The van der Waals surface area contributed by atoms with Crippen LogP contribution in [0.25, 0.3) is 0 Å². The third-order valence-corrected chi connectivity index (χ3v) is 5.47. The molecule has 2 aromatic carbocycles. The van der Waals surface area contributed by atoms with Crippen LogP contribution in [0.4, 0.5) is 15.8 Å². The summed E-state index contributed by atoms with van der Waals surface area (Å²) in [6.07, 6.45) is 2.30. The lowest BCUT2D eigenvalue weighted by Gasteiger charge is -2.37. The van der Waals surface area contributed by atoms with Crippen LogP contribution in [0.15, 0.2) is 30.3 Å². The summed E-state index contributed by atoms with van der Waals surface area (Å²) in [5.74, 6) is -0.121. The lowest BCUT2D eigenvalue weighted by molar-refractivity contribution is -0.117. The van der Waals surface area contributed by atoms with Crippen molar-refractivity contribution < 1.29 is 9.18 Å². The van der Waals surface area contributed by atoms with Crippen LogP contribution >= 0.6 is 0 Å². The average molecular weight is 383 g/mol. The molecule has 0 bridgehead atoms. The van der Waals surface area contributed by atoms with Crippen molar-refractivity contribution in [3.05, 3.63) is 58.4 Å². The Labute approximate surface area is 167 Å². The molecule has 0 saturated heterocycles. The summed E-state index contributed by atoms with van der Waals surface area (Å²) in [5, 5.41) is 3.10. The molecule has 2 aromatic rings. The van der Waals surface area contributed by atoms with Crippen molar-refractivity contribution in [1.82, 2.24) is 0 Å². The highest BCUT2D eigenvalue weighted by Gasteiger charge is 2.26. The first kappa shape index (κ1) is 20.4. The molecule has 0 saturated carbocycles. The van der Waals surface area contributed by atoms with Crippen molar-refractivity contribution in [2.75, 3.05) is 17.3 Å². The van der Waals surface area contributed by atoms with E-state index < -0.39 is 0 Å². The second kappa shape index (κ2) is 7.57. The summed E-state index contributed by atoms with van der Waals surface area (Å²) in [6.45, 7) is 10.3. The van der Waals surface area contributed by atoms with Gasteiger partial charge < -0.3 is 10.2 Å². The fourth-order valence-electron chi connectivity index (χ4n) is 4.19. The Morgan fingerprint density at radius 1 is 1.18 bits per heavy atom. The molecule has 0 spiro atoms. The quantitative estimate of drug-likeness (QED) is 0.712. The molecule has 0 aromatic heterocycles. The number of rotatable bonds is 3. The van der Waals surface area contributed by atoms with E-state index in [0.717, 1.165) is 40.9 Å². The van der Waals surface area contributed by atoms with Crippen molar-refractivity contribution in [2.45, 2.75) is 59.9 Å². The predicted octanol–water partition coefficient (Wildman–Crippen LogP) is 5.94. The molecule has 150 valence electrons. The molecule has 4 heteroatoms. The number of fused-ring (bicyclic) bond motifs is 1. The minimum Gasteiger partial charge on any atom is -0.367 e. The van der Waals surface area contributed by atoms with Gasteiger partial charge in [0.25, 0.3) is 0 Å². The molecule has 1 amide bonds. The zero-order chi connectivity index (χ0) is 20.6. The van der Waals surface area contributed by atoms with Gasteiger partial charge in [-0.15, -0.1) is 0 Å². The second-order valence-corrected chi connectivity index (χ2v) is 9.25. The minimum atomic E-state index is -0.173. The Hall–Kier alpha value is -2.36. The van der Waals surface area contributed by atoms with Gasteiger partial charge in [-0.2, -0.15) is 0 Å². The lowest BCUT2D eigenvalue weighted by Crippen LogP contribution is -2.29. The molecule has 0 fully saturated rings. The molecule has 0 aliphatic carbocycles. The van der Waals surface area contributed by atoms with Gasteiger partial charge in [-0.3, -0.25) is 4.79 Å². The first-order valence-electron chi connectivity index (χ1n) is 9.97. The molecule has 1 N–H and O–H groups in total. The maximum Gasteiger partial charge on any atom is 0.224 e. The fourth-order valence-corrected chi connectivity index (χ4v) is 4.19. The van der Waals surface area contributed by atoms with Gasteiger partial charge in [0.05, 0.1) is 6.04 Å². The van der Waals surface area contributed by atoms with E-state index in [4.69, 9.17) is 0 Å². The van der Waals surface area contributed by atoms with Gasteiger partial charge >= 0.3 is 0 Å². The van der Waals surface area contributed by atoms with Crippen molar-refractivity contribution in [3.8, 4) is 0 Å². The minimum absolute atomic E-state index is 0.0382. The van der Waals surface area contributed by atoms with Crippen LogP contribution < -0.4 is 10.2 Å². The van der Waals surface area contributed by atoms with E-state index in [-0.39, 0.29) is 23.2 Å². The van der Waals surface area contributed by atoms with Crippen LogP contribution in [-0.4, -0.2) is 13.0 Å². The van der Waals surface area contributed by atoms with Gasteiger partial charge in [-0.05, 0) is 72.6 Å². The van der Waals surface area contributed by atoms with E-state index in [9.17, 15) is 9.18 Å². The number of hydrogen-bond acceptors (Lipinski definition) is 2. The van der Waals surface area contributed by atoms with Crippen LogP contribution in [0.2, 0.25) is 0 Å². The Morgan fingerprint density at radius 2 is 1.82 bits per heavy atom. The number of anilines is 2. The third kappa shape index (κ3) is 4.37. The Kier molecular flexibility index (Phi) is 5.51. The van der Waals surface area contributed by atoms with E-state index >= 15 is 0 Å². The van der Waals surface area contributed by atoms with Gasteiger partial charge in [-0.1, -0.05) is 32.9 Å². The highest BCUT2D eigenvalue weighted by atomic mass is 19.1. The summed E-state index contributed by atoms with van der Waals surface area (Å²) in [5.41, 5.74) is 6.43. The van der Waals surface area contributed by atoms with Crippen molar-refractivity contribution >= 4 is 17.3 Å². The van der Waals surface area contributed by atoms with Crippen LogP contribution in [0, 0.1) is 25.1 Å². The second-order valence-electron chi connectivity index (χ2n) is 9.25. The molecule has 1 aliphatic heterocycles. The van der Waals surface area contributed by atoms with E-state index in [0.29, 0.717) is 6.42 Å². The first-order valence-corrected chi connectivity index (χ1v) is 9.97. The predicted molar refractivity (Wildman–Crippen MR) is 114 cm³/mol. The molecule has 3 rings (SSSR count). The molecule has 3 nitrogen and oxygen atoms in total. The molecule has 1 unspecified atom stereocenters. The Morgan fingerprint density at radius 3 is 2.43 bits per heavy atom. The Balaban J connectivity index is 1.85. The summed E-state index contributed by atoms with van der Waals surface area (Å²) >= 11 is 0. The van der Waals surface area contributed by atoms with E-state index in [1.165, 1.54) is 11.6 Å². The fraction of sp³-hybridized carbons (Fsp3) is 0.458. The molecule has 1 heterocycles. The van der Waals surface area contributed by atoms with Crippen LogP contribution in [0.1, 0.15) is 61.9 Å². The van der Waals surface area contributed by atoms with Gasteiger partial charge in [-0.25, -0.2) is 4.39 Å². The zero-order valence-corrected chi connectivity index (χ0v) is 17.8. The highest BCUT2D eigenvalue weighted by molar-refractivity contribution is 5.92. The van der Waals surface area contributed by atoms with Crippen molar-refractivity contribution in [3.63, 3.8) is 0 Å². The molecule has 1 atom stereocenters. The standard InChI is InChI=1S/C24H31FN2O/c1-15-11-18(12-16(2)23(15)26-22(28)14-24(3,4)5)21-9-7-17-13-19(25)8-10-20(17)27(21)6/h8,10-13,21H,7,9,14H2,1-6H3,(H,26,28). The maximum atomic E-state index is 13.5. The maximum absolute atomic E-state index is 13.5. The summed E-state index contributed by atoms with van der Waals surface area (Å²) in [6, 6.07) is 9.64. The SMILES string of the molecule is Cc1cc(C2CCc3cc(F)ccc3N2C)cc(C)c1NC(=O)CC(C)(C)C. The van der Waals surface area contributed by atoms with Crippen LogP contribution in [0.3, 0.4) is 0 Å². The number of nitrogens with one attached hydrogen (secondary N) is 1. The van der Waals surface area contributed by atoms with E-state index in [1.54, 1.807) is 6.07 Å². The molecular formula is C24H31FN2O. The monoisotopic (exact) mass is 382 g/mol. The summed E-state index contributed by atoms with van der Waals surface area (Å²) in [7, 11) is 2.07. The molecule has 0 radical (unpaired) electrons. The number of carbonyl (C=O) groups is 1. The number of benzene rings is 2. The van der Waals surface area contributed by atoms with E-state index in [1.807, 2.05) is 6.07 Å². The smallest absolute Gasteiger partial charge is 0.224 e. The number of hydrogen-bond donors (Lipinski definition) is 1. The largest absolute Gasteiger partial charge is 0.367 e. The summed E-state index contributed by atoms with van der Waals surface area (Å²) < 4.78 is 13.5. The molecular weight excluding hydrogens is 351 g/mol.